The first-order chi connectivity index (χ1) is 18.1. The van der Waals surface area contributed by atoms with Crippen molar-refractivity contribution < 1.29 is 23.1 Å². The molecule has 0 bridgehead atoms. The van der Waals surface area contributed by atoms with Crippen LogP contribution in [0.4, 0.5) is 4.39 Å². The zero-order valence-electron chi connectivity index (χ0n) is 22.2. The first kappa shape index (κ1) is 27.4. The highest BCUT2D eigenvalue weighted by Crippen LogP contribution is 2.24. The molecule has 3 heterocycles. The van der Waals surface area contributed by atoms with Gasteiger partial charge in [-0.1, -0.05) is 12.1 Å². The Labute approximate surface area is 220 Å². The fourth-order valence-electron chi connectivity index (χ4n) is 4.20. The molecular weight excluding hydrogens is 493 g/mol. The van der Waals surface area contributed by atoms with Crippen LogP contribution in [0, 0.1) is 12.7 Å². The van der Waals surface area contributed by atoms with Crippen molar-refractivity contribution >= 4 is 11.8 Å². The fraction of sp³-hybridized carbons (Fsp3) is 0.500. The van der Waals surface area contributed by atoms with Crippen LogP contribution in [-0.2, 0) is 20.9 Å². The maximum absolute atomic E-state index is 13.8. The summed E-state index contributed by atoms with van der Waals surface area (Å²) in [4.78, 5) is 32.2. The Kier molecular flexibility index (Phi) is 8.52. The Balaban J connectivity index is 1.62. The van der Waals surface area contributed by atoms with Gasteiger partial charge >= 0.3 is 0 Å². The van der Waals surface area contributed by atoms with E-state index in [2.05, 4.69) is 25.6 Å². The maximum atomic E-state index is 13.8. The molecule has 0 saturated carbocycles. The van der Waals surface area contributed by atoms with E-state index in [-0.39, 0.29) is 30.7 Å². The molecule has 1 saturated heterocycles. The quantitative estimate of drug-likeness (QED) is 0.450. The molecule has 1 N–H and O–H groups in total. The van der Waals surface area contributed by atoms with Crippen LogP contribution in [0.5, 0.6) is 0 Å². The Morgan fingerprint density at radius 2 is 1.84 bits per heavy atom. The minimum atomic E-state index is -0.987. The van der Waals surface area contributed by atoms with Crippen molar-refractivity contribution in [3.63, 3.8) is 0 Å². The first-order valence-corrected chi connectivity index (χ1v) is 12.6. The van der Waals surface area contributed by atoms with Gasteiger partial charge < -0.3 is 19.4 Å². The second-order valence-corrected chi connectivity index (χ2v) is 10.3. The van der Waals surface area contributed by atoms with Crippen LogP contribution in [-0.4, -0.2) is 86.8 Å². The van der Waals surface area contributed by atoms with E-state index >= 15 is 0 Å². The molecule has 2 amide bonds. The number of carbonyl (C=O) groups excluding carboxylic acids is 2. The van der Waals surface area contributed by atoms with Gasteiger partial charge in [0.25, 0.3) is 0 Å². The van der Waals surface area contributed by atoms with E-state index in [1.807, 2.05) is 27.7 Å². The smallest absolute Gasteiger partial charge is 0.247 e. The maximum Gasteiger partial charge on any atom is 0.247 e. The number of furan rings is 1. The molecule has 38 heavy (non-hydrogen) atoms. The molecule has 12 heteroatoms. The van der Waals surface area contributed by atoms with Crippen LogP contribution in [0.3, 0.4) is 0 Å². The molecule has 4 rings (SSSR count). The number of hydrogen-bond donors (Lipinski definition) is 1. The van der Waals surface area contributed by atoms with E-state index in [9.17, 15) is 14.0 Å². The number of benzene rings is 1. The van der Waals surface area contributed by atoms with Crippen molar-refractivity contribution in [2.24, 2.45) is 0 Å². The van der Waals surface area contributed by atoms with Crippen molar-refractivity contribution in [2.75, 3.05) is 39.4 Å². The van der Waals surface area contributed by atoms with Crippen LogP contribution >= 0.6 is 0 Å². The predicted octanol–water partition coefficient (Wildman–Crippen LogP) is 2.20. The summed E-state index contributed by atoms with van der Waals surface area (Å²) in [5.74, 6) is 0.232. The molecule has 0 aliphatic carbocycles. The average molecular weight is 528 g/mol. The molecule has 3 aromatic rings. The monoisotopic (exact) mass is 527 g/mol. The van der Waals surface area contributed by atoms with Gasteiger partial charge in [-0.05, 0) is 62.7 Å². The number of nitrogens with zero attached hydrogens (tertiary/aromatic N) is 6. The largest absolute Gasteiger partial charge is 0.458 e. The molecule has 0 spiro atoms. The van der Waals surface area contributed by atoms with Gasteiger partial charge in [0, 0.05) is 31.7 Å². The van der Waals surface area contributed by atoms with Gasteiger partial charge in [-0.3, -0.25) is 14.5 Å². The number of aryl methyl sites for hydroxylation is 1. The molecule has 204 valence electrons. The van der Waals surface area contributed by atoms with Gasteiger partial charge in [0.15, 0.2) is 5.76 Å². The van der Waals surface area contributed by atoms with Crippen molar-refractivity contribution in [3.8, 4) is 11.6 Å². The lowest BCUT2D eigenvalue weighted by molar-refractivity contribution is -0.142. The zero-order valence-corrected chi connectivity index (χ0v) is 22.2. The predicted molar refractivity (Wildman–Crippen MR) is 136 cm³/mol. The number of tetrazole rings is 1. The molecule has 1 fully saturated rings. The van der Waals surface area contributed by atoms with E-state index in [4.69, 9.17) is 9.15 Å². The number of amides is 2. The molecule has 1 aromatic carbocycles. The lowest BCUT2D eigenvalue weighted by atomic mass is 10.0. The minimum absolute atomic E-state index is 0.240. The Morgan fingerprint density at radius 3 is 2.47 bits per heavy atom. The lowest BCUT2D eigenvalue weighted by Gasteiger charge is -2.35. The third-order valence-electron chi connectivity index (χ3n) is 6.02. The number of hydrogen-bond acceptors (Lipinski definition) is 8. The zero-order chi connectivity index (χ0) is 27.3. The Hall–Kier alpha value is -3.64. The van der Waals surface area contributed by atoms with E-state index in [0.717, 1.165) is 13.1 Å². The standard InChI is InChI=1S/C26H34FN7O4/c1-18-5-10-21(38-18)24-29-31-34(30-24)17-22(35)33(12-11-32-13-15-37-16-14-32)23(25(36)28-26(2,3)4)19-6-8-20(27)9-7-19/h5-10,23H,11-17H2,1-4H3,(H,28,36)/t23-/m0/s1. The second kappa shape index (κ2) is 11.8. The molecule has 0 radical (unpaired) electrons. The van der Waals surface area contributed by atoms with E-state index in [1.165, 1.54) is 34.0 Å². The minimum Gasteiger partial charge on any atom is -0.458 e. The summed E-state index contributed by atoms with van der Waals surface area (Å²) in [5, 5.41) is 15.3. The molecular formula is C26H34FN7O4. The third-order valence-corrected chi connectivity index (χ3v) is 6.02. The van der Waals surface area contributed by atoms with Crippen molar-refractivity contribution in [1.29, 1.82) is 0 Å². The Bertz CT molecular complexity index is 1230. The molecule has 1 atom stereocenters. The third kappa shape index (κ3) is 7.23. The van der Waals surface area contributed by atoms with Crippen molar-refractivity contribution in [2.45, 2.75) is 45.8 Å². The fourth-order valence-corrected chi connectivity index (χ4v) is 4.20. The van der Waals surface area contributed by atoms with Gasteiger partial charge in [0.05, 0.1) is 13.2 Å². The highest BCUT2D eigenvalue weighted by molar-refractivity contribution is 5.89. The highest BCUT2D eigenvalue weighted by atomic mass is 19.1. The number of nitrogens with one attached hydrogen (secondary N) is 1. The topological polar surface area (TPSA) is 119 Å². The van der Waals surface area contributed by atoms with Crippen molar-refractivity contribution in [1.82, 2.24) is 35.3 Å². The van der Waals surface area contributed by atoms with E-state index in [1.54, 1.807) is 12.1 Å². The van der Waals surface area contributed by atoms with Crippen LogP contribution in [0.15, 0.2) is 40.8 Å². The highest BCUT2D eigenvalue weighted by Gasteiger charge is 2.34. The summed E-state index contributed by atoms with van der Waals surface area (Å²) in [5.41, 5.74) is -0.0422. The van der Waals surface area contributed by atoms with E-state index in [0.29, 0.717) is 36.8 Å². The van der Waals surface area contributed by atoms with Crippen molar-refractivity contribution in [3.05, 3.63) is 53.5 Å². The van der Waals surface area contributed by atoms with Crippen LogP contribution in [0.2, 0.25) is 0 Å². The number of rotatable bonds is 9. The van der Waals surface area contributed by atoms with E-state index < -0.39 is 17.4 Å². The molecule has 11 nitrogen and oxygen atoms in total. The van der Waals surface area contributed by atoms with Gasteiger partial charge in [-0.15, -0.1) is 10.2 Å². The Morgan fingerprint density at radius 1 is 1.13 bits per heavy atom. The molecule has 0 unspecified atom stereocenters. The number of aromatic nitrogens is 4. The summed E-state index contributed by atoms with van der Waals surface area (Å²) in [6.07, 6.45) is 0. The number of carbonyl (C=O) groups is 2. The normalized spacial score (nSPS) is 15.3. The summed E-state index contributed by atoms with van der Waals surface area (Å²) in [6, 6.07) is 8.16. The first-order valence-electron chi connectivity index (χ1n) is 12.6. The molecule has 2 aromatic heterocycles. The van der Waals surface area contributed by atoms with Crippen LogP contribution in [0.1, 0.15) is 38.1 Å². The summed E-state index contributed by atoms with van der Waals surface area (Å²) in [7, 11) is 0. The van der Waals surface area contributed by atoms with Gasteiger partial charge in [-0.2, -0.15) is 4.80 Å². The summed E-state index contributed by atoms with van der Waals surface area (Å²) >= 11 is 0. The lowest BCUT2D eigenvalue weighted by Crippen LogP contribution is -2.52. The molecule has 1 aliphatic heterocycles. The van der Waals surface area contributed by atoms with Gasteiger partial charge in [0.2, 0.25) is 17.6 Å². The van der Waals surface area contributed by atoms with Gasteiger partial charge in [-0.25, -0.2) is 4.39 Å². The average Bonchev–Trinajstić information content (AvgIpc) is 3.51. The molecule has 1 aliphatic rings. The number of morpholine rings is 1. The van der Waals surface area contributed by atoms with Crippen LogP contribution < -0.4 is 5.32 Å². The van der Waals surface area contributed by atoms with Crippen LogP contribution in [0.25, 0.3) is 11.6 Å². The number of halogens is 1. The van der Waals surface area contributed by atoms with Gasteiger partial charge in [0.1, 0.15) is 24.2 Å². The SMILES string of the molecule is Cc1ccc(-c2nnn(CC(=O)N(CCN3CCOCC3)[C@H](C(=O)NC(C)(C)C)c3ccc(F)cc3)n2)o1. The second-order valence-electron chi connectivity index (χ2n) is 10.3. The summed E-state index contributed by atoms with van der Waals surface area (Å²) in [6.45, 7) is 10.6. The summed E-state index contributed by atoms with van der Waals surface area (Å²) < 4.78 is 24.8. The number of ether oxygens (including phenoxy) is 1.